The SMILES string of the molecule is CNS(=O)(=O)c1ccc(-c2csc(OC(=O)N3CCCCC3)n2)cc1. The maximum atomic E-state index is 12.1. The van der Waals surface area contributed by atoms with Crippen molar-refractivity contribution in [1.29, 1.82) is 0 Å². The molecule has 134 valence electrons. The van der Waals surface area contributed by atoms with Gasteiger partial charge in [-0.3, -0.25) is 0 Å². The molecule has 0 radical (unpaired) electrons. The average Bonchev–Trinajstić information content (AvgIpc) is 3.11. The fourth-order valence-corrected chi connectivity index (χ4v) is 3.98. The highest BCUT2D eigenvalue weighted by Crippen LogP contribution is 2.27. The maximum Gasteiger partial charge on any atom is 0.417 e. The molecule has 1 aromatic heterocycles. The minimum absolute atomic E-state index is 0.186. The fourth-order valence-electron chi connectivity index (χ4n) is 2.58. The number of thiazole rings is 1. The van der Waals surface area contributed by atoms with Gasteiger partial charge in [-0.25, -0.2) is 22.9 Å². The summed E-state index contributed by atoms with van der Waals surface area (Å²) in [6.45, 7) is 1.44. The molecule has 0 unspecified atom stereocenters. The normalized spacial score (nSPS) is 15.2. The number of nitrogens with one attached hydrogen (secondary N) is 1. The smallest absolute Gasteiger partial charge is 0.381 e. The molecule has 0 atom stereocenters. The minimum Gasteiger partial charge on any atom is -0.381 e. The summed E-state index contributed by atoms with van der Waals surface area (Å²) in [6.07, 6.45) is 2.78. The topological polar surface area (TPSA) is 88.6 Å². The molecule has 7 nitrogen and oxygen atoms in total. The van der Waals surface area contributed by atoms with E-state index in [1.165, 1.54) is 30.5 Å². The van der Waals surface area contributed by atoms with Gasteiger partial charge in [0, 0.05) is 24.0 Å². The second-order valence-electron chi connectivity index (χ2n) is 5.65. The Morgan fingerprint density at radius 2 is 1.88 bits per heavy atom. The first-order valence-corrected chi connectivity index (χ1v) is 10.3. The standard InChI is InChI=1S/C16H19N3O4S2/c1-17-25(21,22)13-7-5-12(6-8-13)14-11-24-15(18-14)23-16(20)19-9-3-2-4-10-19/h5-8,11,17H,2-4,9-10H2,1H3. The van der Waals surface area contributed by atoms with Crippen LogP contribution in [0.5, 0.6) is 5.19 Å². The number of hydrogen-bond acceptors (Lipinski definition) is 6. The Morgan fingerprint density at radius 3 is 2.52 bits per heavy atom. The molecule has 2 aromatic rings. The number of amides is 1. The van der Waals surface area contributed by atoms with Crippen molar-refractivity contribution in [2.75, 3.05) is 20.1 Å². The van der Waals surface area contributed by atoms with Gasteiger partial charge in [-0.15, -0.1) is 0 Å². The molecule has 0 bridgehead atoms. The number of aromatic nitrogens is 1. The second-order valence-corrected chi connectivity index (χ2v) is 8.35. The van der Waals surface area contributed by atoms with Crippen molar-refractivity contribution < 1.29 is 17.9 Å². The van der Waals surface area contributed by atoms with Crippen LogP contribution in [0.15, 0.2) is 34.5 Å². The maximum absolute atomic E-state index is 12.1. The van der Waals surface area contributed by atoms with Crippen molar-refractivity contribution >= 4 is 27.5 Å². The van der Waals surface area contributed by atoms with Gasteiger partial charge in [0.15, 0.2) is 0 Å². The molecule has 1 fully saturated rings. The molecule has 0 aliphatic carbocycles. The fraction of sp³-hybridized carbons (Fsp3) is 0.375. The van der Waals surface area contributed by atoms with E-state index in [0.717, 1.165) is 37.9 Å². The Labute approximate surface area is 150 Å². The first kappa shape index (κ1) is 17.8. The van der Waals surface area contributed by atoms with Gasteiger partial charge in [0.2, 0.25) is 10.0 Å². The third-order valence-corrected chi connectivity index (χ3v) is 6.15. The van der Waals surface area contributed by atoms with Crippen LogP contribution in [-0.2, 0) is 10.0 Å². The number of ether oxygens (including phenoxy) is 1. The molecule has 1 aliphatic heterocycles. The quantitative estimate of drug-likeness (QED) is 0.880. The number of hydrogen-bond donors (Lipinski definition) is 1. The van der Waals surface area contributed by atoms with Crippen LogP contribution in [0.2, 0.25) is 0 Å². The zero-order chi connectivity index (χ0) is 17.9. The lowest BCUT2D eigenvalue weighted by Gasteiger charge is -2.24. The molecule has 1 aromatic carbocycles. The van der Waals surface area contributed by atoms with E-state index >= 15 is 0 Å². The Bertz CT molecular complexity index is 841. The van der Waals surface area contributed by atoms with Crippen LogP contribution in [0, 0.1) is 0 Å². The zero-order valence-electron chi connectivity index (χ0n) is 13.8. The van der Waals surface area contributed by atoms with E-state index in [9.17, 15) is 13.2 Å². The number of likely N-dealkylation sites (tertiary alicyclic amines) is 1. The number of carbonyl (C=O) groups is 1. The predicted octanol–water partition coefficient (Wildman–Crippen LogP) is 2.70. The average molecular weight is 381 g/mol. The van der Waals surface area contributed by atoms with Crippen LogP contribution in [0.3, 0.4) is 0 Å². The minimum atomic E-state index is -3.46. The summed E-state index contributed by atoms with van der Waals surface area (Å²) in [6, 6.07) is 6.38. The predicted molar refractivity (Wildman–Crippen MR) is 95.2 cm³/mol. The lowest BCUT2D eigenvalue weighted by atomic mass is 10.1. The van der Waals surface area contributed by atoms with Gasteiger partial charge in [-0.05, 0) is 38.4 Å². The molecule has 2 heterocycles. The van der Waals surface area contributed by atoms with Crippen molar-refractivity contribution in [2.45, 2.75) is 24.2 Å². The molecule has 1 amide bonds. The largest absolute Gasteiger partial charge is 0.417 e. The van der Waals surface area contributed by atoms with Gasteiger partial charge in [0.25, 0.3) is 5.19 Å². The van der Waals surface area contributed by atoms with Crippen LogP contribution in [0.1, 0.15) is 19.3 Å². The number of benzene rings is 1. The number of nitrogens with zero attached hydrogens (tertiary/aromatic N) is 2. The summed E-state index contributed by atoms with van der Waals surface area (Å²) in [5.74, 6) is 0. The van der Waals surface area contributed by atoms with Crippen molar-refractivity contribution in [3.63, 3.8) is 0 Å². The summed E-state index contributed by atoms with van der Waals surface area (Å²) in [7, 11) is -2.10. The molecule has 0 saturated carbocycles. The summed E-state index contributed by atoms with van der Waals surface area (Å²) >= 11 is 1.24. The summed E-state index contributed by atoms with van der Waals surface area (Å²) in [4.78, 5) is 18.3. The third kappa shape index (κ3) is 4.17. The Kier molecular flexibility index (Phi) is 5.36. The van der Waals surface area contributed by atoms with Gasteiger partial charge in [-0.1, -0.05) is 23.5 Å². The number of piperidine rings is 1. The van der Waals surface area contributed by atoms with Gasteiger partial charge < -0.3 is 9.64 Å². The lowest BCUT2D eigenvalue weighted by molar-refractivity contribution is 0.142. The molecular weight excluding hydrogens is 362 g/mol. The van der Waals surface area contributed by atoms with Crippen molar-refractivity contribution in [2.24, 2.45) is 0 Å². The van der Waals surface area contributed by atoms with Crippen LogP contribution in [0.25, 0.3) is 11.3 Å². The number of sulfonamides is 1. The van der Waals surface area contributed by atoms with Gasteiger partial charge >= 0.3 is 6.09 Å². The molecular formula is C16H19N3O4S2. The van der Waals surface area contributed by atoms with E-state index in [4.69, 9.17) is 4.74 Å². The monoisotopic (exact) mass is 381 g/mol. The van der Waals surface area contributed by atoms with E-state index in [1.54, 1.807) is 22.4 Å². The van der Waals surface area contributed by atoms with Crippen LogP contribution >= 0.6 is 11.3 Å². The first-order valence-electron chi connectivity index (χ1n) is 7.96. The van der Waals surface area contributed by atoms with E-state index in [-0.39, 0.29) is 16.2 Å². The molecule has 9 heteroatoms. The Hall–Kier alpha value is -1.97. The number of carbonyl (C=O) groups excluding carboxylic acids is 1. The lowest BCUT2D eigenvalue weighted by Crippen LogP contribution is -2.37. The summed E-state index contributed by atoms with van der Waals surface area (Å²) < 4.78 is 31.1. The van der Waals surface area contributed by atoms with Crippen LogP contribution < -0.4 is 9.46 Å². The van der Waals surface area contributed by atoms with Gasteiger partial charge in [0.05, 0.1) is 10.6 Å². The van der Waals surface area contributed by atoms with E-state index in [0.29, 0.717) is 5.69 Å². The highest BCUT2D eigenvalue weighted by molar-refractivity contribution is 7.89. The van der Waals surface area contributed by atoms with Crippen LogP contribution in [0.4, 0.5) is 4.79 Å². The summed E-state index contributed by atoms with van der Waals surface area (Å²) in [5.41, 5.74) is 1.39. The van der Waals surface area contributed by atoms with Crippen molar-refractivity contribution in [1.82, 2.24) is 14.6 Å². The zero-order valence-corrected chi connectivity index (χ0v) is 15.4. The summed E-state index contributed by atoms with van der Waals surface area (Å²) in [5, 5.41) is 2.07. The highest BCUT2D eigenvalue weighted by atomic mass is 32.2. The van der Waals surface area contributed by atoms with Gasteiger partial charge in [0.1, 0.15) is 0 Å². The number of rotatable bonds is 4. The first-order chi connectivity index (χ1) is 12.0. The van der Waals surface area contributed by atoms with Gasteiger partial charge in [-0.2, -0.15) is 0 Å². The molecule has 0 spiro atoms. The second kappa shape index (κ2) is 7.51. The van der Waals surface area contributed by atoms with E-state index in [2.05, 4.69) is 9.71 Å². The molecule has 1 N–H and O–H groups in total. The highest BCUT2D eigenvalue weighted by Gasteiger charge is 2.20. The molecule has 1 aliphatic rings. The van der Waals surface area contributed by atoms with Crippen LogP contribution in [-0.4, -0.2) is 44.5 Å². The van der Waals surface area contributed by atoms with E-state index in [1.807, 2.05) is 0 Å². The van der Waals surface area contributed by atoms with E-state index < -0.39 is 10.0 Å². The molecule has 25 heavy (non-hydrogen) atoms. The molecule has 1 saturated heterocycles. The van der Waals surface area contributed by atoms with Crippen molar-refractivity contribution in [3.8, 4) is 16.5 Å². The Balaban J connectivity index is 1.69. The molecule has 3 rings (SSSR count). The third-order valence-electron chi connectivity index (χ3n) is 4.00. The van der Waals surface area contributed by atoms with Crippen molar-refractivity contribution in [3.05, 3.63) is 29.6 Å². The Morgan fingerprint density at radius 1 is 1.20 bits per heavy atom.